The highest BCUT2D eigenvalue weighted by Gasteiger charge is 2.32. The number of nitrogens with one attached hydrogen (secondary N) is 2. The molecule has 2 rings (SSSR count). The Bertz CT molecular complexity index is 534. The largest absolute Gasteiger partial charge is 0.328 e. The fraction of sp³-hybridized carbons (Fsp3) is 0.167. The van der Waals surface area contributed by atoms with Crippen LogP contribution in [0.3, 0.4) is 0 Å². The molecule has 1 aromatic rings. The van der Waals surface area contributed by atoms with E-state index in [1.54, 1.807) is 24.3 Å². The number of aliphatic imine (C=N–C) groups is 1. The number of hydrogen-bond acceptors (Lipinski definition) is 4. The summed E-state index contributed by atoms with van der Waals surface area (Å²) in [6.07, 6.45) is 1.23. The van der Waals surface area contributed by atoms with Crippen molar-refractivity contribution in [3.8, 4) is 0 Å². The molecule has 6 nitrogen and oxygen atoms in total. The summed E-state index contributed by atoms with van der Waals surface area (Å²) < 4.78 is 0. The second-order valence-electron chi connectivity index (χ2n) is 3.90. The van der Waals surface area contributed by atoms with Crippen LogP contribution in [0.25, 0.3) is 0 Å². The van der Waals surface area contributed by atoms with E-state index in [0.29, 0.717) is 11.6 Å². The fourth-order valence-electron chi connectivity index (χ4n) is 1.52. The van der Waals surface area contributed by atoms with E-state index in [9.17, 15) is 14.4 Å². The van der Waals surface area contributed by atoms with E-state index in [0.717, 1.165) is 5.56 Å². The summed E-state index contributed by atoms with van der Waals surface area (Å²) in [6.45, 7) is 0.322. The van der Waals surface area contributed by atoms with Gasteiger partial charge in [-0.2, -0.15) is 0 Å². The summed E-state index contributed by atoms with van der Waals surface area (Å²) in [5.74, 6) is -2.42. The summed E-state index contributed by atoms with van der Waals surface area (Å²) >= 11 is 5.74. The Balaban J connectivity index is 1.98. The van der Waals surface area contributed by atoms with Crippen LogP contribution < -0.4 is 10.6 Å². The van der Waals surface area contributed by atoms with Crippen molar-refractivity contribution in [3.63, 3.8) is 0 Å². The summed E-state index contributed by atoms with van der Waals surface area (Å²) in [6, 6.07) is 6.24. The van der Waals surface area contributed by atoms with Gasteiger partial charge in [-0.3, -0.25) is 25.2 Å². The topological polar surface area (TPSA) is 87.6 Å². The molecule has 1 heterocycles. The third kappa shape index (κ3) is 3.38. The molecular weight excluding hydrogens is 270 g/mol. The van der Waals surface area contributed by atoms with Crippen molar-refractivity contribution in [1.82, 2.24) is 10.6 Å². The molecule has 4 amide bonds. The van der Waals surface area contributed by atoms with E-state index < -0.39 is 23.8 Å². The van der Waals surface area contributed by atoms with Crippen LogP contribution in [0.2, 0.25) is 5.02 Å². The molecule has 7 heteroatoms. The Hall–Kier alpha value is -2.21. The van der Waals surface area contributed by atoms with Crippen molar-refractivity contribution in [3.05, 3.63) is 34.9 Å². The minimum absolute atomic E-state index is 0.322. The number of hydrogen-bond donors (Lipinski definition) is 2. The molecular formula is C12H10ClN3O3. The number of rotatable bonds is 3. The van der Waals surface area contributed by atoms with Crippen LogP contribution in [0, 0.1) is 5.92 Å². The molecule has 98 valence electrons. The third-order valence-electron chi connectivity index (χ3n) is 2.48. The van der Waals surface area contributed by atoms with Crippen molar-refractivity contribution < 1.29 is 14.4 Å². The van der Waals surface area contributed by atoms with Crippen molar-refractivity contribution in [2.75, 3.05) is 0 Å². The molecule has 0 bridgehead atoms. The van der Waals surface area contributed by atoms with E-state index in [1.807, 2.05) is 10.6 Å². The normalized spacial score (nSPS) is 16.6. The van der Waals surface area contributed by atoms with Crippen LogP contribution >= 0.6 is 11.6 Å². The molecule has 1 aromatic carbocycles. The average molecular weight is 280 g/mol. The monoisotopic (exact) mass is 279 g/mol. The summed E-state index contributed by atoms with van der Waals surface area (Å²) in [4.78, 5) is 37.7. The van der Waals surface area contributed by atoms with Gasteiger partial charge in [0.05, 0.1) is 6.54 Å². The summed E-state index contributed by atoms with van der Waals surface area (Å²) in [7, 11) is 0. The Morgan fingerprint density at radius 1 is 1.11 bits per heavy atom. The molecule has 0 aliphatic carbocycles. The lowest BCUT2D eigenvalue weighted by Gasteiger charge is -2.16. The van der Waals surface area contributed by atoms with Gasteiger partial charge < -0.3 is 0 Å². The highest BCUT2D eigenvalue weighted by molar-refractivity contribution is 6.30. The third-order valence-corrected chi connectivity index (χ3v) is 2.73. The first kappa shape index (κ1) is 13.2. The quantitative estimate of drug-likeness (QED) is 0.636. The molecule has 2 N–H and O–H groups in total. The number of imide groups is 2. The van der Waals surface area contributed by atoms with Crippen LogP contribution in [0.15, 0.2) is 29.3 Å². The zero-order chi connectivity index (χ0) is 13.8. The SMILES string of the molecule is O=C1NC(=O)C(C=NCc2ccc(Cl)cc2)C(=O)N1. The maximum atomic E-state index is 11.4. The molecule has 0 radical (unpaired) electrons. The number of benzene rings is 1. The zero-order valence-electron chi connectivity index (χ0n) is 9.72. The number of barbiturate groups is 1. The molecule has 0 saturated carbocycles. The second-order valence-corrected chi connectivity index (χ2v) is 4.34. The van der Waals surface area contributed by atoms with Crippen LogP contribution in [-0.4, -0.2) is 24.1 Å². The molecule has 0 atom stereocenters. The van der Waals surface area contributed by atoms with Crippen molar-refractivity contribution in [2.45, 2.75) is 6.54 Å². The number of carbonyl (C=O) groups is 3. The van der Waals surface area contributed by atoms with Gasteiger partial charge in [-0.1, -0.05) is 23.7 Å². The molecule has 1 fully saturated rings. The van der Waals surface area contributed by atoms with Crippen LogP contribution in [0.5, 0.6) is 0 Å². The van der Waals surface area contributed by atoms with Gasteiger partial charge in [0.2, 0.25) is 11.8 Å². The zero-order valence-corrected chi connectivity index (χ0v) is 10.5. The molecule has 0 spiro atoms. The Morgan fingerprint density at radius 3 is 2.26 bits per heavy atom. The van der Waals surface area contributed by atoms with Crippen molar-refractivity contribution in [1.29, 1.82) is 0 Å². The van der Waals surface area contributed by atoms with Crippen molar-refractivity contribution in [2.24, 2.45) is 10.9 Å². The lowest BCUT2D eigenvalue weighted by Crippen LogP contribution is -2.56. The van der Waals surface area contributed by atoms with Crippen molar-refractivity contribution >= 4 is 35.7 Å². The average Bonchev–Trinajstić information content (AvgIpc) is 2.34. The molecule has 1 saturated heterocycles. The molecule has 0 unspecified atom stereocenters. The lowest BCUT2D eigenvalue weighted by atomic mass is 10.1. The van der Waals surface area contributed by atoms with E-state index in [2.05, 4.69) is 4.99 Å². The van der Waals surface area contributed by atoms with E-state index in [4.69, 9.17) is 11.6 Å². The Morgan fingerprint density at radius 2 is 1.68 bits per heavy atom. The van der Waals surface area contributed by atoms with Crippen LogP contribution in [-0.2, 0) is 16.1 Å². The Labute approximate surface area is 113 Å². The predicted molar refractivity (Wildman–Crippen MR) is 68.8 cm³/mol. The molecule has 1 aliphatic heterocycles. The molecule has 19 heavy (non-hydrogen) atoms. The minimum atomic E-state index is -1.08. The number of carbonyl (C=O) groups excluding carboxylic acids is 3. The fourth-order valence-corrected chi connectivity index (χ4v) is 1.64. The first-order chi connectivity index (χ1) is 9.06. The molecule has 1 aliphatic rings. The van der Waals surface area contributed by atoms with Gasteiger partial charge in [-0.15, -0.1) is 0 Å². The second kappa shape index (κ2) is 5.62. The standard InChI is InChI=1S/C12H10ClN3O3/c13-8-3-1-7(2-4-8)5-14-6-9-10(17)15-12(19)16-11(9)18/h1-4,6,9H,5H2,(H2,15,16,17,18,19). The van der Waals surface area contributed by atoms with Crippen LogP contribution in [0.4, 0.5) is 4.79 Å². The number of amides is 4. The lowest BCUT2D eigenvalue weighted by molar-refractivity contribution is -0.132. The van der Waals surface area contributed by atoms with Gasteiger partial charge >= 0.3 is 6.03 Å². The van der Waals surface area contributed by atoms with Gasteiger partial charge in [0.15, 0.2) is 5.92 Å². The van der Waals surface area contributed by atoms with E-state index in [-0.39, 0.29) is 0 Å². The van der Waals surface area contributed by atoms with Gasteiger partial charge in [-0.25, -0.2) is 4.79 Å². The molecule has 0 aromatic heterocycles. The van der Waals surface area contributed by atoms with Gasteiger partial charge in [-0.05, 0) is 17.7 Å². The number of nitrogens with zero attached hydrogens (tertiary/aromatic N) is 1. The van der Waals surface area contributed by atoms with Gasteiger partial charge in [0.1, 0.15) is 0 Å². The number of halogens is 1. The number of urea groups is 1. The predicted octanol–water partition coefficient (Wildman–Crippen LogP) is 0.893. The van der Waals surface area contributed by atoms with Crippen LogP contribution in [0.1, 0.15) is 5.56 Å². The Kier molecular flexibility index (Phi) is 3.91. The summed E-state index contributed by atoms with van der Waals surface area (Å²) in [5, 5.41) is 4.62. The maximum Gasteiger partial charge on any atom is 0.328 e. The highest BCUT2D eigenvalue weighted by Crippen LogP contribution is 2.10. The first-order valence-corrected chi connectivity index (χ1v) is 5.84. The van der Waals surface area contributed by atoms with E-state index in [1.165, 1.54) is 6.21 Å². The minimum Gasteiger partial charge on any atom is -0.291 e. The smallest absolute Gasteiger partial charge is 0.291 e. The summed E-state index contributed by atoms with van der Waals surface area (Å²) in [5.41, 5.74) is 0.897. The highest BCUT2D eigenvalue weighted by atomic mass is 35.5. The van der Waals surface area contributed by atoms with Gasteiger partial charge in [0.25, 0.3) is 0 Å². The maximum absolute atomic E-state index is 11.4. The van der Waals surface area contributed by atoms with E-state index >= 15 is 0 Å². The van der Waals surface area contributed by atoms with Gasteiger partial charge in [0, 0.05) is 11.2 Å². The first-order valence-electron chi connectivity index (χ1n) is 5.46.